The summed E-state index contributed by atoms with van der Waals surface area (Å²) in [6.45, 7) is 0.886. The molecule has 0 fully saturated rings. The van der Waals surface area contributed by atoms with Gasteiger partial charge in [-0.1, -0.05) is 11.6 Å². The number of allylic oxidation sites excluding steroid dienone is 2. The number of phenols is 3. The number of phenolic OH excluding ortho intramolecular Hbond substituents is 3. The molecule has 0 bridgehead atoms. The molecule has 3 aliphatic carbocycles. The van der Waals surface area contributed by atoms with Crippen LogP contribution in [0.4, 0.5) is 0 Å². The molecule has 0 radical (unpaired) electrons. The number of aromatic amines is 1. The molecule has 0 aliphatic heterocycles. The number of amides is 2. The van der Waals surface area contributed by atoms with Gasteiger partial charge in [0.2, 0.25) is 11.7 Å². The molecule has 0 unspecified atom stereocenters. The molecule has 15 nitrogen and oxygen atoms in total. The lowest BCUT2D eigenvalue weighted by atomic mass is 9.76. The Kier molecular flexibility index (Phi) is 6.81. The molecular formula is C30H21ClN4O11. The number of ketones is 4. The van der Waals surface area contributed by atoms with Gasteiger partial charge < -0.3 is 30.4 Å². The number of H-pyrrole nitrogens is 1. The van der Waals surface area contributed by atoms with Gasteiger partial charge in [0.15, 0.2) is 23.1 Å². The summed E-state index contributed by atoms with van der Waals surface area (Å²) in [7, 11) is 1.11. The summed E-state index contributed by atoms with van der Waals surface area (Å²) >= 11 is 6.71. The second-order valence-electron chi connectivity index (χ2n) is 10.7. The van der Waals surface area contributed by atoms with Crippen molar-refractivity contribution in [3.05, 3.63) is 72.4 Å². The third-order valence-electron chi connectivity index (χ3n) is 8.25. The minimum absolute atomic E-state index is 0.0238. The molecule has 2 aromatic carbocycles. The first-order valence-corrected chi connectivity index (χ1v) is 13.9. The zero-order chi connectivity index (χ0) is 33.4. The quantitative estimate of drug-likeness (QED) is 0.0988. The molecule has 1 spiro atoms. The Morgan fingerprint density at radius 2 is 1.70 bits per heavy atom. The molecule has 3 aliphatic rings. The lowest BCUT2D eigenvalue weighted by molar-refractivity contribution is -0.125. The van der Waals surface area contributed by atoms with E-state index in [1.54, 1.807) is 0 Å². The van der Waals surface area contributed by atoms with Crippen LogP contribution in [-0.2, 0) is 26.2 Å². The number of rotatable bonds is 5. The summed E-state index contributed by atoms with van der Waals surface area (Å²) in [5, 5.41) is 39.3. The SMILES string of the molecule is COC1=CC(=O)c2c(O)c3c(c(O)c2C1=O)C(=O)[C@]1(CCc2c1c(O)c1c(=O)[nH]c(C=NNC(=O)CNC(C)=O)cc1c2Cl)C3=O. The van der Waals surface area contributed by atoms with Crippen molar-refractivity contribution in [3.8, 4) is 17.2 Å². The molecule has 2 amide bonds. The number of fused-ring (bicyclic) bond motifs is 5. The van der Waals surface area contributed by atoms with Crippen LogP contribution in [-0.4, -0.2) is 75.1 Å². The van der Waals surface area contributed by atoms with Crippen LogP contribution in [0.2, 0.25) is 5.02 Å². The Hall–Kier alpha value is -5.83. The number of aromatic nitrogens is 1. The van der Waals surface area contributed by atoms with Crippen LogP contribution in [0.1, 0.15) is 71.6 Å². The predicted molar refractivity (Wildman–Crippen MR) is 158 cm³/mol. The van der Waals surface area contributed by atoms with Gasteiger partial charge in [-0.05, 0) is 24.5 Å². The van der Waals surface area contributed by atoms with Gasteiger partial charge in [-0.15, -0.1) is 0 Å². The van der Waals surface area contributed by atoms with E-state index >= 15 is 0 Å². The number of pyridine rings is 1. The van der Waals surface area contributed by atoms with Gasteiger partial charge in [-0.25, -0.2) is 5.43 Å². The molecule has 1 heterocycles. The van der Waals surface area contributed by atoms with Gasteiger partial charge in [0.05, 0.1) is 58.2 Å². The van der Waals surface area contributed by atoms with E-state index in [0.29, 0.717) is 0 Å². The largest absolute Gasteiger partial charge is 0.507 e. The van der Waals surface area contributed by atoms with Crippen LogP contribution in [0.5, 0.6) is 17.2 Å². The summed E-state index contributed by atoms with van der Waals surface area (Å²) in [5.74, 6) is -8.39. The standard InChI is InChI=1S/C30H21ClN4O11/c1-9(36)32-8-15(38)35-33-7-10-5-12-16(29(45)34-10)26(42)21-11(22(12)31)3-4-30(21)27(43)19-20(28(30)44)25(41)18-17(24(19)40)13(37)6-14(46-2)23(18)39/h5-7,40-42H,3-4,8H2,1-2H3,(H,32,36)(H,34,45)(H,35,38)/t30-/m0/s1. The topological polar surface area (TPSA) is 242 Å². The number of benzene rings is 2. The third kappa shape index (κ3) is 3.98. The summed E-state index contributed by atoms with van der Waals surface area (Å²) in [5.41, 5.74) is -3.95. The van der Waals surface area contributed by atoms with Crippen molar-refractivity contribution in [2.24, 2.45) is 5.10 Å². The molecule has 6 N–H and O–H groups in total. The van der Waals surface area contributed by atoms with E-state index < -0.39 is 91.2 Å². The average Bonchev–Trinajstić information content (AvgIpc) is 3.51. The monoisotopic (exact) mass is 648 g/mol. The Morgan fingerprint density at radius 1 is 1.04 bits per heavy atom. The number of carbonyl (C=O) groups excluding carboxylic acids is 6. The number of hydrogen-bond acceptors (Lipinski definition) is 12. The highest BCUT2D eigenvalue weighted by Gasteiger charge is 2.62. The van der Waals surface area contributed by atoms with Crippen LogP contribution in [0.15, 0.2) is 27.8 Å². The fraction of sp³-hybridized carbons (Fsp3) is 0.200. The van der Waals surface area contributed by atoms with E-state index in [2.05, 4.69) is 20.8 Å². The van der Waals surface area contributed by atoms with E-state index in [1.165, 1.54) is 13.0 Å². The molecule has 16 heteroatoms. The van der Waals surface area contributed by atoms with Crippen molar-refractivity contribution >= 4 is 63.5 Å². The van der Waals surface area contributed by atoms with E-state index in [0.717, 1.165) is 19.4 Å². The van der Waals surface area contributed by atoms with Crippen molar-refractivity contribution in [1.29, 1.82) is 0 Å². The number of nitrogens with zero attached hydrogens (tertiary/aromatic N) is 1. The number of ether oxygens (including phenoxy) is 1. The molecular weight excluding hydrogens is 628 g/mol. The smallest absolute Gasteiger partial charge is 0.260 e. The van der Waals surface area contributed by atoms with Gasteiger partial charge in [0.25, 0.3) is 11.5 Å². The summed E-state index contributed by atoms with van der Waals surface area (Å²) < 4.78 is 4.90. The summed E-state index contributed by atoms with van der Waals surface area (Å²) in [6, 6.07) is 1.34. The van der Waals surface area contributed by atoms with E-state index in [9.17, 15) is 48.9 Å². The molecule has 0 saturated heterocycles. The molecule has 3 aromatic rings. The Labute approximate surface area is 261 Å². The van der Waals surface area contributed by atoms with E-state index in [1.807, 2.05) is 0 Å². The van der Waals surface area contributed by atoms with Gasteiger partial charge in [-0.2, -0.15) is 5.10 Å². The van der Waals surface area contributed by atoms with Crippen molar-refractivity contribution < 1.29 is 48.8 Å². The Balaban J connectivity index is 1.48. The second kappa shape index (κ2) is 10.4. The highest BCUT2D eigenvalue weighted by molar-refractivity contribution is 6.41. The second-order valence-corrected chi connectivity index (χ2v) is 11.1. The number of aromatic hydroxyl groups is 3. The van der Waals surface area contributed by atoms with Crippen LogP contribution in [0.3, 0.4) is 0 Å². The van der Waals surface area contributed by atoms with Crippen LogP contribution in [0, 0.1) is 0 Å². The highest BCUT2D eigenvalue weighted by Crippen LogP contribution is 2.58. The van der Waals surface area contributed by atoms with Gasteiger partial charge in [0.1, 0.15) is 22.7 Å². The first-order chi connectivity index (χ1) is 21.8. The predicted octanol–water partition coefficient (Wildman–Crippen LogP) is 1.06. The normalized spacial score (nSPS) is 18.2. The fourth-order valence-electron chi connectivity index (χ4n) is 6.29. The molecule has 1 atom stereocenters. The number of hydrazone groups is 1. The maximum absolute atomic E-state index is 14.1. The maximum Gasteiger partial charge on any atom is 0.260 e. The number of hydrogen-bond donors (Lipinski definition) is 6. The van der Waals surface area contributed by atoms with Crippen LogP contribution < -0.4 is 16.3 Å². The first kappa shape index (κ1) is 30.2. The molecule has 46 heavy (non-hydrogen) atoms. The number of methoxy groups -OCH3 is 1. The lowest BCUT2D eigenvalue weighted by Gasteiger charge is -2.23. The van der Waals surface area contributed by atoms with E-state index in [4.69, 9.17) is 16.3 Å². The first-order valence-electron chi connectivity index (χ1n) is 13.5. The zero-order valence-corrected chi connectivity index (χ0v) is 24.5. The fourth-order valence-corrected chi connectivity index (χ4v) is 6.63. The number of halogens is 1. The van der Waals surface area contributed by atoms with Crippen molar-refractivity contribution in [2.45, 2.75) is 25.2 Å². The van der Waals surface area contributed by atoms with Gasteiger partial charge in [0, 0.05) is 23.9 Å². The minimum Gasteiger partial charge on any atom is -0.507 e. The molecule has 234 valence electrons. The number of Topliss-reactive ketones (excluding diaryl/α,β-unsaturated/α-hetero) is 3. The van der Waals surface area contributed by atoms with Crippen LogP contribution in [0.25, 0.3) is 10.8 Å². The summed E-state index contributed by atoms with van der Waals surface area (Å²) in [6.07, 6.45) is 1.50. The number of carbonyl (C=O) groups is 6. The van der Waals surface area contributed by atoms with Gasteiger partial charge in [-0.3, -0.25) is 33.6 Å². The van der Waals surface area contributed by atoms with Crippen molar-refractivity contribution in [2.75, 3.05) is 13.7 Å². The highest BCUT2D eigenvalue weighted by atomic mass is 35.5. The average molecular weight is 649 g/mol. The minimum atomic E-state index is -2.26. The molecule has 1 aromatic heterocycles. The van der Waals surface area contributed by atoms with E-state index in [-0.39, 0.29) is 52.0 Å². The molecule has 6 rings (SSSR count). The lowest BCUT2D eigenvalue weighted by Crippen LogP contribution is -2.36. The third-order valence-corrected chi connectivity index (χ3v) is 8.69. The zero-order valence-electron chi connectivity index (χ0n) is 23.8. The van der Waals surface area contributed by atoms with Crippen LogP contribution >= 0.6 is 11.6 Å². The van der Waals surface area contributed by atoms with Gasteiger partial charge >= 0.3 is 0 Å². The Morgan fingerprint density at radius 3 is 2.33 bits per heavy atom. The molecule has 0 saturated carbocycles. The van der Waals surface area contributed by atoms with Crippen molar-refractivity contribution in [1.82, 2.24) is 15.7 Å². The Bertz CT molecular complexity index is 2160. The van der Waals surface area contributed by atoms with Crippen molar-refractivity contribution in [3.63, 3.8) is 0 Å². The maximum atomic E-state index is 14.1. The number of nitrogens with one attached hydrogen (secondary N) is 3. The summed E-state index contributed by atoms with van der Waals surface area (Å²) in [4.78, 5) is 92.5.